The van der Waals surface area contributed by atoms with Crippen LogP contribution in [0.3, 0.4) is 0 Å². The van der Waals surface area contributed by atoms with Crippen molar-refractivity contribution in [1.82, 2.24) is 24.7 Å². The first kappa shape index (κ1) is 16.5. The Kier molecular flexibility index (Phi) is 4.49. The number of aromatic nitrogens is 5. The number of H-pyrrole nitrogens is 1. The van der Waals surface area contributed by atoms with Crippen molar-refractivity contribution in [2.75, 3.05) is 5.75 Å². The van der Waals surface area contributed by atoms with Gasteiger partial charge in [-0.25, -0.2) is 14.4 Å². The molecule has 0 atom stereocenters. The molecule has 0 bridgehead atoms. The van der Waals surface area contributed by atoms with Gasteiger partial charge in [0.2, 0.25) is 5.16 Å². The van der Waals surface area contributed by atoms with Crippen LogP contribution >= 0.6 is 11.8 Å². The second-order valence-corrected chi connectivity index (χ2v) is 6.62. The lowest BCUT2D eigenvalue weighted by atomic mass is 10.2. The summed E-state index contributed by atoms with van der Waals surface area (Å²) in [6.07, 6.45) is 1.55. The standard InChI is InChI=1S/C18H14FN5OS/c19-14-7-3-1-5-12(14)16-21-18(23-22-16)26-10-9-24-11-20-15-8-4-2-6-13(15)17(24)25/h1-8,11H,9-10H2,(H,21,22,23). The third-order valence-corrected chi connectivity index (χ3v) is 4.72. The molecule has 0 aliphatic rings. The fraction of sp³-hybridized carbons (Fsp3) is 0.111. The molecule has 4 aromatic rings. The normalized spacial score (nSPS) is 11.1. The number of nitrogens with zero attached hydrogens (tertiary/aromatic N) is 4. The maximum absolute atomic E-state index is 13.8. The molecular weight excluding hydrogens is 353 g/mol. The van der Waals surface area contributed by atoms with E-state index in [4.69, 9.17) is 0 Å². The Labute approximate surface area is 152 Å². The maximum Gasteiger partial charge on any atom is 0.261 e. The number of hydrogen-bond acceptors (Lipinski definition) is 5. The van der Waals surface area contributed by atoms with Gasteiger partial charge >= 0.3 is 0 Å². The van der Waals surface area contributed by atoms with E-state index in [1.54, 1.807) is 35.2 Å². The number of aryl methyl sites for hydroxylation is 1. The molecule has 2 heterocycles. The Morgan fingerprint density at radius 1 is 1.12 bits per heavy atom. The monoisotopic (exact) mass is 367 g/mol. The molecule has 2 aromatic heterocycles. The van der Waals surface area contributed by atoms with Crippen LogP contribution < -0.4 is 5.56 Å². The van der Waals surface area contributed by atoms with Crippen LogP contribution in [0.15, 0.2) is 64.8 Å². The number of para-hydroxylation sites is 1. The van der Waals surface area contributed by atoms with Gasteiger partial charge in [0.1, 0.15) is 5.82 Å². The lowest BCUT2D eigenvalue weighted by molar-refractivity contribution is 0.630. The molecule has 0 amide bonds. The van der Waals surface area contributed by atoms with Gasteiger partial charge in [-0.2, -0.15) is 0 Å². The van der Waals surface area contributed by atoms with Crippen LogP contribution in [0.1, 0.15) is 0 Å². The topological polar surface area (TPSA) is 76.5 Å². The van der Waals surface area contributed by atoms with Crippen LogP contribution in [0.4, 0.5) is 4.39 Å². The summed E-state index contributed by atoms with van der Waals surface area (Å²) < 4.78 is 15.4. The van der Waals surface area contributed by atoms with Gasteiger partial charge in [-0.15, -0.1) is 5.10 Å². The molecule has 0 unspecified atom stereocenters. The maximum atomic E-state index is 13.8. The summed E-state index contributed by atoms with van der Waals surface area (Å²) in [5.74, 6) is 0.623. The lowest BCUT2D eigenvalue weighted by Gasteiger charge is -2.05. The summed E-state index contributed by atoms with van der Waals surface area (Å²) in [7, 11) is 0. The van der Waals surface area contributed by atoms with Crippen LogP contribution in [0.25, 0.3) is 22.3 Å². The first-order valence-corrected chi connectivity index (χ1v) is 8.95. The van der Waals surface area contributed by atoms with Crippen molar-refractivity contribution in [1.29, 1.82) is 0 Å². The average molecular weight is 367 g/mol. The molecule has 4 rings (SSSR count). The molecule has 26 heavy (non-hydrogen) atoms. The van der Waals surface area contributed by atoms with Crippen molar-refractivity contribution in [3.63, 3.8) is 0 Å². The number of hydrogen-bond donors (Lipinski definition) is 1. The van der Waals surface area contributed by atoms with Gasteiger partial charge in [-0.1, -0.05) is 36.0 Å². The highest BCUT2D eigenvalue weighted by Crippen LogP contribution is 2.21. The zero-order valence-corrected chi connectivity index (χ0v) is 14.4. The van der Waals surface area contributed by atoms with Crippen LogP contribution in [-0.2, 0) is 6.54 Å². The number of benzene rings is 2. The van der Waals surface area contributed by atoms with Crippen LogP contribution in [0.5, 0.6) is 0 Å². The second-order valence-electron chi connectivity index (χ2n) is 5.56. The van der Waals surface area contributed by atoms with E-state index >= 15 is 0 Å². The molecule has 8 heteroatoms. The Morgan fingerprint density at radius 3 is 2.81 bits per heavy atom. The number of fused-ring (bicyclic) bond motifs is 1. The van der Waals surface area contributed by atoms with Crippen molar-refractivity contribution in [3.05, 3.63) is 71.0 Å². The Balaban J connectivity index is 1.45. The van der Waals surface area contributed by atoms with E-state index < -0.39 is 0 Å². The molecule has 0 aliphatic heterocycles. The first-order chi connectivity index (χ1) is 12.7. The number of nitrogens with one attached hydrogen (secondary N) is 1. The molecule has 2 aromatic carbocycles. The van der Waals surface area contributed by atoms with Gasteiger partial charge in [0.15, 0.2) is 5.82 Å². The van der Waals surface area contributed by atoms with E-state index in [0.717, 1.165) is 0 Å². The van der Waals surface area contributed by atoms with Crippen molar-refractivity contribution in [2.45, 2.75) is 11.7 Å². The van der Waals surface area contributed by atoms with E-state index in [2.05, 4.69) is 20.2 Å². The zero-order chi connectivity index (χ0) is 17.9. The minimum atomic E-state index is -0.353. The highest BCUT2D eigenvalue weighted by atomic mass is 32.2. The van der Waals surface area contributed by atoms with Crippen LogP contribution in [-0.4, -0.2) is 30.5 Å². The second kappa shape index (κ2) is 7.09. The Hall–Kier alpha value is -3.00. The van der Waals surface area contributed by atoms with E-state index in [-0.39, 0.29) is 11.4 Å². The predicted molar refractivity (Wildman–Crippen MR) is 98.5 cm³/mol. The zero-order valence-electron chi connectivity index (χ0n) is 13.6. The molecule has 1 N–H and O–H groups in total. The lowest BCUT2D eigenvalue weighted by Crippen LogP contribution is -2.21. The summed E-state index contributed by atoms with van der Waals surface area (Å²) in [5.41, 5.74) is 0.991. The highest BCUT2D eigenvalue weighted by molar-refractivity contribution is 7.99. The van der Waals surface area contributed by atoms with Crippen LogP contribution in [0, 0.1) is 5.82 Å². The summed E-state index contributed by atoms with van der Waals surface area (Å²) in [6.45, 7) is 0.477. The van der Waals surface area contributed by atoms with Crippen molar-refractivity contribution in [3.8, 4) is 11.4 Å². The molecule has 0 saturated carbocycles. The average Bonchev–Trinajstić information content (AvgIpc) is 3.13. The molecule has 0 radical (unpaired) electrons. The molecule has 0 saturated heterocycles. The summed E-state index contributed by atoms with van der Waals surface area (Å²) in [5, 5.41) is 7.94. The number of aromatic amines is 1. The number of thioether (sulfide) groups is 1. The van der Waals surface area contributed by atoms with Gasteiger partial charge in [-0.05, 0) is 24.3 Å². The van der Waals surface area contributed by atoms with Crippen molar-refractivity contribution >= 4 is 22.7 Å². The third-order valence-electron chi connectivity index (χ3n) is 3.89. The van der Waals surface area contributed by atoms with Crippen molar-refractivity contribution in [2.24, 2.45) is 0 Å². The quantitative estimate of drug-likeness (QED) is 0.549. The summed E-state index contributed by atoms with van der Waals surface area (Å²) in [6, 6.07) is 13.6. The fourth-order valence-corrected chi connectivity index (χ4v) is 3.32. The SMILES string of the molecule is O=c1c2ccccc2ncn1CCSc1n[nH]c(-c2ccccc2F)n1. The molecule has 6 nitrogen and oxygen atoms in total. The van der Waals surface area contributed by atoms with Gasteiger partial charge in [0, 0.05) is 12.3 Å². The van der Waals surface area contributed by atoms with Gasteiger partial charge in [0.25, 0.3) is 5.56 Å². The number of halogens is 1. The number of rotatable bonds is 5. The first-order valence-electron chi connectivity index (χ1n) is 7.96. The van der Waals surface area contributed by atoms with Crippen molar-refractivity contribution < 1.29 is 4.39 Å². The summed E-state index contributed by atoms with van der Waals surface area (Å²) >= 11 is 1.39. The molecule has 0 aliphatic carbocycles. The molecule has 130 valence electrons. The minimum Gasteiger partial charge on any atom is -0.298 e. The van der Waals surface area contributed by atoms with Crippen LogP contribution in [0.2, 0.25) is 0 Å². The summed E-state index contributed by atoms with van der Waals surface area (Å²) in [4.78, 5) is 21.0. The van der Waals surface area contributed by atoms with Gasteiger partial charge < -0.3 is 0 Å². The fourth-order valence-electron chi connectivity index (χ4n) is 2.59. The van der Waals surface area contributed by atoms with Gasteiger partial charge in [-0.3, -0.25) is 14.5 Å². The predicted octanol–water partition coefficient (Wildman–Crippen LogP) is 3.11. The molecule has 0 spiro atoms. The Bertz CT molecular complexity index is 1120. The highest BCUT2D eigenvalue weighted by Gasteiger charge is 2.10. The smallest absolute Gasteiger partial charge is 0.261 e. The van der Waals surface area contributed by atoms with E-state index in [9.17, 15) is 9.18 Å². The van der Waals surface area contributed by atoms with E-state index in [0.29, 0.717) is 39.7 Å². The van der Waals surface area contributed by atoms with E-state index in [1.165, 1.54) is 17.8 Å². The van der Waals surface area contributed by atoms with Gasteiger partial charge in [0.05, 0.1) is 22.8 Å². The Morgan fingerprint density at radius 2 is 1.92 bits per heavy atom. The third kappa shape index (κ3) is 3.23. The molecular formula is C18H14FN5OS. The largest absolute Gasteiger partial charge is 0.298 e. The molecule has 0 fully saturated rings. The van der Waals surface area contributed by atoms with E-state index in [1.807, 2.05) is 18.2 Å². The minimum absolute atomic E-state index is 0.0711.